The van der Waals surface area contributed by atoms with Gasteiger partial charge in [0.25, 0.3) is 5.91 Å². The average Bonchev–Trinajstić information content (AvgIpc) is 2.74. The van der Waals surface area contributed by atoms with E-state index in [4.69, 9.17) is 4.42 Å². The zero-order valence-electron chi connectivity index (χ0n) is 15.6. The molecule has 5 nitrogen and oxygen atoms in total. The van der Waals surface area contributed by atoms with E-state index in [1.54, 1.807) is 48.5 Å². The fourth-order valence-electron chi connectivity index (χ4n) is 3.18. The molecular formula is C24H19NO4. The molecule has 0 bridgehead atoms. The molecule has 1 heterocycles. The summed E-state index contributed by atoms with van der Waals surface area (Å²) in [6, 6.07) is 22.9. The maximum atomic E-state index is 12.5. The molecule has 2 N–H and O–H groups in total. The van der Waals surface area contributed by atoms with Gasteiger partial charge < -0.3 is 14.8 Å². The number of para-hydroxylation sites is 1. The lowest BCUT2D eigenvalue weighted by Crippen LogP contribution is -2.25. The van der Waals surface area contributed by atoms with Gasteiger partial charge in [0.2, 0.25) is 0 Å². The zero-order valence-corrected chi connectivity index (χ0v) is 15.6. The molecule has 0 fully saturated rings. The maximum absolute atomic E-state index is 12.5. The molecule has 1 aromatic heterocycles. The van der Waals surface area contributed by atoms with Crippen molar-refractivity contribution in [3.8, 4) is 16.9 Å². The molecule has 0 aliphatic rings. The summed E-state index contributed by atoms with van der Waals surface area (Å²) in [7, 11) is 0. The van der Waals surface area contributed by atoms with E-state index in [1.807, 2.05) is 30.3 Å². The molecule has 1 amide bonds. The highest BCUT2D eigenvalue weighted by Gasteiger charge is 2.11. The topological polar surface area (TPSA) is 79.5 Å². The third-order valence-corrected chi connectivity index (χ3v) is 4.71. The second-order valence-electron chi connectivity index (χ2n) is 6.74. The van der Waals surface area contributed by atoms with Crippen molar-refractivity contribution in [2.75, 3.05) is 6.54 Å². The summed E-state index contributed by atoms with van der Waals surface area (Å²) in [6.07, 6.45) is 0.653. The quantitative estimate of drug-likeness (QED) is 0.506. The lowest BCUT2D eigenvalue weighted by Gasteiger charge is -2.08. The molecule has 4 aromatic rings. The van der Waals surface area contributed by atoms with Gasteiger partial charge in [0.05, 0.1) is 5.56 Å². The molecule has 0 spiro atoms. The molecule has 29 heavy (non-hydrogen) atoms. The average molecular weight is 385 g/mol. The summed E-state index contributed by atoms with van der Waals surface area (Å²) < 4.78 is 5.40. The largest absolute Gasteiger partial charge is 0.508 e. The van der Waals surface area contributed by atoms with Crippen molar-refractivity contribution in [1.29, 1.82) is 0 Å². The fraction of sp³-hybridized carbons (Fsp3) is 0.0833. The van der Waals surface area contributed by atoms with E-state index < -0.39 is 5.63 Å². The van der Waals surface area contributed by atoms with Crippen LogP contribution in [-0.4, -0.2) is 17.6 Å². The van der Waals surface area contributed by atoms with E-state index >= 15 is 0 Å². The third kappa shape index (κ3) is 4.19. The van der Waals surface area contributed by atoms with Crippen molar-refractivity contribution < 1.29 is 14.3 Å². The Kier molecular flexibility index (Phi) is 5.12. The van der Waals surface area contributed by atoms with Crippen molar-refractivity contribution >= 4 is 16.9 Å². The van der Waals surface area contributed by atoms with Gasteiger partial charge in [-0.1, -0.05) is 42.5 Å². The first-order valence-electron chi connectivity index (χ1n) is 9.29. The standard InChI is InChI=1S/C24H19NO4/c26-20-10-8-16(9-11-20)12-13-25-23(27)19-6-3-5-17(14-19)21-15-18-4-1-2-7-22(18)29-24(21)28/h1-11,14-15,26H,12-13H2,(H,25,27). The smallest absolute Gasteiger partial charge is 0.344 e. The van der Waals surface area contributed by atoms with Gasteiger partial charge in [-0.3, -0.25) is 4.79 Å². The first-order chi connectivity index (χ1) is 14.1. The van der Waals surface area contributed by atoms with Crippen LogP contribution in [0.3, 0.4) is 0 Å². The Balaban J connectivity index is 1.51. The number of hydrogen-bond donors (Lipinski definition) is 2. The summed E-state index contributed by atoms with van der Waals surface area (Å²) >= 11 is 0. The van der Waals surface area contributed by atoms with E-state index in [1.165, 1.54) is 0 Å². The maximum Gasteiger partial charge on any atom is 0.344 e. The number of phenolic OH excluding ortho intramolecular Hbond substituents is 1. The number of nitrogens with one attached hydrogen (secondary N) is 1. The minimum atomic E-state index is -0.436. The van der Waals surface area contributed by atoms with Gasteiger partial charge in [0, 0.05) is 17.5 Å². The van der Waals surface area contributed by atoms with Crippen LogP contribution in [0.4, 0.5) is 0 Å². The minimum absolute atomic E-state index is 0.212. The number of carbonyl (C=O) groups excluding carboxylic acids is 1. The Morgan fingerprint density at radius 3 is 2.55 bits per heavy atom. The second-order valence-corrected chi connectivity index (χ2v) is 6.74. The normalized spacial score (nSPS) is 10.8. The van der Waals surface area contributed by atoms with E-state index in [-0.39, 0.29) is 11.7 Å². The first-order valence-corrected chi connectivity index (χ1v) is 9.29. The Morgan fingerprint density at radius 1 is 0.931 bits per heavy atom. The van der Waals surface area contributed by atoms with Crippen LogP contribution in [0.5, 0.6) is 5.75 Å². The summed E-state index contributed by atoms with van der Waals surface area (Å²) in [5.74, 6) is 0.00331. The van der Waals surface area contributed by atoms with Crippen LogP contribution >= 0.6 is 0 Å². The number of carbonyl (C=O) groups is 1. The Morgan fingerprint density at radius 2 is 1.72 bits per heavy atom. The molecule has 5 heteroatoms. The zero-order chi connectivity index (χ0) is 20.2. The molecule has 0 radical (unpaired) electrons. The number of benzene rings is 3. The molecule has 0 aliphatic heterocycles. The second kappa shape index (κ2) is 8.02. The van der Waals surface area contributed by atoms with Crippen LogP contribution in [0.25, 0.3) is 22.1 Å². The summed E-state index contributed by atoms with van der Waals surface area (Å²) in [5.41, 5.74) is 2.64. The lowest BCUT2D eigenvalue weighted by molar-refractivity contribution is 0.0954. The first kappa shape index (κ1) is 18.5. The number of aromatic hydroxyl groups is 1. The Bertz CT molecular complexity index is 1230. The molecule has 0 atom stereocenters. The van der Waals surface area contributed by atoms with E-state index in [9.17, 15) is 14.7 Å². The van der Waals surface area contributed by atoms with Gasteiger partial charge >= 0.3 is 5.63 Å². The van der Waals surface area contributed by atoms with E-state index in [2.05, 4.69) is 5.32 Å². The lowest BCUT2D eigenvalue weighted by atomic mass is 10.0. The van der Waals surface area contributed by atoms with Gasteiger partial charge in [0.1, 0.15) is 11.3 Å². The van der Waals surface area contributed by atoms with E-state index in [0.717, 1.165) is 10.9 Å². The highest BCUT2D eigenvalue weighted by molar-refractivity contribution is 5.95. The molecule has 0 saturated heterocycles. The fourth-order valence-corrected chi connectivity index (χ4v) is 3.18. The number of hydrogen-bond acceptors (Lipinski definition) is 4. The van der Waals surface area contributed by atoms with Crippen LogP contribution in [0.15, 0.2) is 88.1 Å². The highest BCUT2D eigenvalue weighted by atomic mass is 16.4. The van der Waals surface area contributed by atoms with Gasteiger partial charge in [-0.25, -0.2) is 4.79 Å². The van der Waals surface area contributed by atoms with Gasteiger partial charge in [-0.05, 0) is 53.9 Å². The van der Waals surface area contributed by atoms with Crippen LogP contribution in [-0.2, 0) is 6.42 Å². The minimum Gasteiger partial charge on any atom is -0.508 e. The molecule has 4 rings (SSSR count). The molecule has 0 aliphatic carbocycles. The van der Waals surface area contributed by atoms with Gasteiger partial charge in [0.15, 0.2) is 0 Å². The van der Waals surface area contributed by atoms with Crippen LogP contribution in [0, 0.1) is 0 Å². The van der Waals surface area contributed by atoms with E-state index in [0.29, 0.717) is 35.2 Å². The summed E-state index contributed by atoms with van der Waals surface area (Å²) in [6.45, 7) is 0.464. The van der Waals surface area contributed by atoms with Crippen molar-refractivity contribution in [3.05, 3.63) is 100 Å². The van der Waals surface area contributed by atoms with Crippen molar-refractivity contribution in [2.45, 2.75) is 6.42 Å². The molecule has 0 saturated carbocycles. The number of phenols is 1. The number of rotatable bonds is 5. The van der Waals surface area contributed by atoms with Crippen molar-refractivity contribution in [2.24, 2.45) is 0 Å². The SMILES string of the molecule is O=C(NCCc1ccc(O)cc1)c1cccc(-c2cc3ccccc3oc2=O)c1. The summed E-state index contributed by atoms with van der Waals surface area (Å²) in [5, 5.41) is 13.0. The Hall–Kier alpha value is -3.86. The van der Waals surface area contributed by atoms with Crippen LogP contribution < -0.4 is 10.9 Å². The molecule has 3 aromatic carbocycles. The van der Waals surface area contributed by atoms with Crippen LogP contribution in [0.2, 0.25) is 0 Å². The number of amides is 1. The third-order valence-electron chi connectivity index (χ3n) is 4.71. The van der Waals surface area contributed by atoms with Gasteiger partial charge in [-0.15, -0.1) is 0 Å². The molecular weight excluding hydrogens is 366 g/mol. The van der Waals surface area contributed by atoms with Crippen LogP contribution in [0.1, 0.15) is 15.9 Å². The van der Waals surface area contributed by atoms with Crippen molar-refractivity contribution in [1.82, 2.24) is 5.32 Å². The highest BCUT2D eigenvalue weighted by Crippen LogP contribution is 2.22. The Labute approximate surface area is 167 Å². The monoisotopic (exact) mass is 385 g/mol. The molecule has 0 unspecified atom stereocenters. The van der Waals surface area contributed by atoms with Crippen molar-refractivity contribution in [3.63, 3.8) is 0 Å². The number of fused-ring (bicyclic) bond motifs is 1. The predicted molar refractivity (Wildman–Crippen MR) is 112 cm³/mol. The summed E-state index contributed by atoms with van der Waals surface area (Å²) in [4.78, 5) is 24.9. The molecule has 144 valence electrons. The predicted octanol–water partition coefficient (Wildman–Crippen LogP) is 4.14. The van der Waals surface area contributed by atoms with Gasteiger partial charge in [-0.2, -0.15) is 0 Å².